The van der Waals surface area contributed by atoms with Crippen LogP contribution in [0.2, 0.25) is 0 Å². The Morgan fingerprint density at radius 3 is 2.15 bits per heavy atom. The summed E-state index contributed by atoms with van der Waals surface area (Å²) in [7, 11) is 0. The van der Waals surface area contributed by atoms with Crippen molar-refractivity contribution in [2.75, 3.05) is 11.9 Å². The fourth-order valence-corrected chi connectivity index (χ4v) is 3.33. The van der Waals surface area contributed by atoms with E-state index < -0.39 is 24.0 Å². The van der Waals surface area contributed by atoms with Crippen LogP contribution in [0.5, 0.6) is 5.75 Å². The summed E-state index contributed by atoms with van der Waals surface area (Å²) in [6.45, 7) is 4.00. The molecule has 0 aromatic heterocycles. The number of anilines is 1. The molecule has 176 valence electrons. The molecule has 2 unspecified atom stereocenters. The molecule has 3 aromatic carbocycles. The first kappa shape index (κ1) is 24.5. The Balaban J connectivity index is 1.68. The van der Waals surface area contributed by atoms with Gasteiger partial charge in [0, 0.05) is 17.2 Å². The highest BCUT2D eigenvalue weighted by molar-refractivity contribution is 5.97. The predicted octanol–water partition coefficient (Wildman–Crippen LogP) is 4.52. The maximum absolute atomic E-state index is 13.1. The number of benzene rings is 3. The van der Waals surface area contributed by atoms with E-state index in [1.807, 2.05) is 19.1 Å². The summed E-state index contributed by atoms with van der Waals surface area (Å²) in [5, 5.41) is 5.57. The molecule has 0 aliphatic carbocycles. The maximum atomic E-state index is 13.1. The van der Waals surface area contributed by atoms with E-state index in [4.69, 9.17) is 9.47 Å². The third-order valence-electron chi connectivity index (χ3n) is 4.92. The fraction of sp³-hybridized carbons (Fsp3) is 0.222. The lowest BCUT2D eigenvalue weighted by Gasteiger charge is -2.20. The van der Waals surface area contributed by atoms with Crippen LogP contribution in [0, 0.1) is 0 Å². The van der Waals surface area contributed by atoms with Crippen molar-refractivity contribution in [2.45, 2.75) is 32.4 Å². The van der Waals surface area contributed by atoms with Crippen LogP contribution >= 0.6 is 0 Å². The van der Waals surface area contributed by atoms with Gasteiger partial charge < -0.3 is 20.1 Å². The van der Waals surface area contributed by atoms with Gasteiger partial charge in [-0.2, -0.15) is 0 Å². The number of amides is 2. The van der Waals surface area contributed by atoms with Gasteiger partial charge in [-0.3, -0.25) is 14.4 Å². The van der Waals surface area contributed by atoms with E-state index in [1.54, 1.807) is 79.7 Å². The number of para-hydroxylation sites is 2. The molecule has 2 atom stereocenters. The zero-order valence-electron chi connectivity index (χ0n) is 19.2. The van der Waals surface area contributed by atoms with Gasteiger partial charge in [0.05, 0.1) is 18.7 Å². The van der Waals surface area contributed by atoms with E-state index >= 15 is 0 Å². The molecule has 0 aliphatic rings. The molecule has 3 aromatic rings. The first-order valence-corrected chi connectivity index (χ1v) is 11.1. The molecule has 3 rings (SSSR count). The molecular weight excluding hydrogens is 432 g/mol. The van der Waals surface area contributed by atoms with Gasteiger partial charge in [-0.1, -0.05) is 60.7 Å². The Labute approximate surface area is 199 Å². The van der Waals surface area contributed by atoms with Crippen LogP contribution in [0.1, 0.15) is 42.3 Å². The summed E-state index contributed by atoms with van der Waals surface area (Å²) in [6.07, 6.45) is -1.26. The van der Waals surface area contributed by atoms with Crippen LogP contribution in [0.15, 0.2) is 84.9 Å². The second kappa shape index (κ2) is 12.2. The molecule has 0 saturated heterocycles. The van der Waals surface area contributed by atoms with Gasteiger partial charge in [0.1, 0.15) is 5.75 Å². The van der Waals surface area contributed by atoms with Gasteiger partial charge in [-0.25, -0.2) is 0 Å². The van der Waals surface area contributed by atoms with Crippen molar-refractivity contribution in [2.24, 2.45) is 0 Å². The van der Waals surface area contributed by atoms with E-state index in [0.717, 1.165) is 0 Å². The molecule has 2 amide bonds. The third kappa shape index (κ3) is 6.93. The SMILES string of the molecule is CCOc1ccccc1NC(=O)C(OC(=O)CC(C)NC(=O)c1ccccc1)c1ccccc1. The Hall–Kier alpha value is -4.13. The van der Waals surface area contributed by atoms with Crippen molar-refractivity contribution in [3.63, 3.8) is 0 Å². The molecule has 2 N–H and O–H groups in total. The Morgan fingerprint density at radius 2 is 1.47 bits per heavy atom. The predicted molar refractivity (Wildman–Crippen MR) is 130 cm³/mol. The molecule has 34 heavy (non-hydrogen) atoms. The lowest BCUT2D eigenvalue weighted by atomic mass is 10.1. The van der Waals surface area contributed by atoms with Crippen molar-refractivity contribution in [3.05, 3.63) is 96.1 Å². The standard InChI is InChI=1S/C27H28N2O5/c1-3-33-23-17-11-10-16-22(23)29-27(32)25(20-12-6-4-7-13-20)34-24(30)18-19(2)28-26(31)21-14-8-5-9-15-21/h4-17,19,25H,3,18H2,1-2H3,(H,28,31)(H,29,32). The number of ether oxygens (including phenoxy) is 2. The van der Waals surface area contributed by atoms with Crippen LogP contribution in [0.3, 0.4) is 0 Å². The summed E-state index contributed by atoms with van der Waals surface area (Å²) >= 11 is 0. The first-order chi connectivity index (χ1) is 16.5. The minimum Gasteiger partial charge on any atom is -0.492 e. The molecule has 0 heterocycles. The normalized spacial score (nSPS) is 12.2. The van der Waals surface area contributed by atoms with Gasteiger partial charge in [-0.15, -0.1) is 0 Å². The molecule has 7 nitrogen and oxygen atoms in total. The largest absolute Gasteiger partial charge is 0.492 e. The van der Waals surface area contributed by atoms with Gasteiger partial charge in [0.25, 0.3) is 11.8 Å². The summed E-state index contributed by atoms with van der Waals surface area (Å²) in [6, 6.07) is 24.1. The van der Waals surface area contributed by atoms with Crippen LogP contribution in [-0.2, 0) is 14.3 Å². The lowest BCUT2D eigenvalue weighted by Crippen LogP contribution is -2.35. The fourth-order valence-electron chi connectivity index (χ4n) is 3.33. The summed E-state index contributed by atoms with van der Waals surface area (Å²) in [5.41, 5.74) is 1.51. The second-order valence-corrected chi connectivity index (χ2v) is 7.64. The van der Waals surface area contributed by atoms with Crippen LogP contribution in [-0.4, -0.2) is 30.4 Å². The Bertz CT molecular complexity index is 1100. The van der Waals surface area contributed by atoms with Gasteiger partial charge in [0.2, 0.25) is 6.10 Å². The van der Waals surface area contributed by atoms with E-state index in [2.05, 4.69) is 10.6 Å². The van der Waals surface area contributed by atoms with Gasteiger partial charge >= 0.3 is 5.97 Å². The highest BCUT2D eigenvalue weighted by Crippen LogP contribution is 2.27. The number of hydrogen-bond acceptors (Lipinski definition) is 5. The van der Waals surface area contributed by atoms with Gasteiger partial charge in [-0.05, 0) is 38.1 Å². The van der Waals surface area contributed by atoms with Crippen LogP contribution in [0.4, 0.5) is 5.69 Å². The molecule has 0 saturated carbocycles. The molecule has 7 heteroatoms. The van der Waals surface area contributed by atoms with Crippen LogP contribution in [0.25, 0.3) is 0 Å². The number of carbonyl (C=O) groups is 3. The first-order valence-electron chi connectivity index (χ1n) is 11.1. The molecule has 0 radical (unpaired) electrons. The highest BCUT2D eigenvalue weighted by Gasteiger charge is 2.27. The molecule has 0 aliphatic heterocycles. The smallest absolute Gasteiger partial charge is 0.308 e. The number of rotatable bonds is 10. The van der Waals surface area contributed by atoms with Gasteiger partial charge in [0.15, 0.2) is 0 Å². The zero-order valence-corrected chi connectivity index (χ0v) is 19.2. The Morgan fingerprint density at radius 1 is 0.853 bits per heavy atom. The third-order valence-corrected chi connectivity index (χ3v) is 4.92. The second-order valence-electron chi connectivity index (χ2n) is 7.64. The summed E-state index contributed by atoms with van der Waals surface area (Å²) in [4.78, 5) is 38.2. The zero-order chi connectivity index (χ0) is 24.3. The van der Waals surface area contributed by atoms with Crippen molar-refractivity contribution in [1.82, 2.24) is 5.32 Å². The maximum Gasteiger partial charge on any atom is 0.308 e. The monoisotopic (exact) mass is 460 g/mol. The minimum atomic E-state index is -1.17. The lowest BCUT2D eigenvalue weighted by molar-refractivity contribution is -0.155. The minimum absolute atomic E-state index is 0.0925. The van der Waals surface area contributed by atoms with E-state index in [0.29, 0.717) is 29.2 Å². The number of carbonyl (C=O) groups excluding carboxylic acids is 3. The quantitative estimate of drug-likeness (QED) is 0.434. The topological polar surface area (TPSA) is 93.7 Å². The average molecular weight is 461 g/mol. The van der Waals surface area contributed by atoms with Crippen molar-refractivity contribution >= 4 is 23.5 Å². The Kier molecular flexibility index (Phi) is 8.80. The van der Waals surface area contributed by atoms with E-state index in [-0.39, 0.29) is 12.3 Å². The number of esters is 1. The molecule has 0 spiro atoms. The number of hydrogen-bond donors (Lipinski definition) is 2. The highest BCUT2D eigenvalue weighted by atomic mass is 16.5. The summed E-state index contributed by atoms with van der Waals surface area (Å²) < 4.78 is 11.2. The van der Waals surface area contributed by atoms with E-state index in [1.165, 1.54) is 0 Å². The number of nitrogens with one attached hydrogen (secondary N) is 2. The molecule has 0 bridgehead atoms. The van der Waals surface area contributed by atoms with E-state index in [9.17, 15) is 14.4 Å². The average Bonchev–Trinajstić information content (AvgIpc) is 2.85. The summed E-state index contributed by atoms with van der Waals surface area (Å²) in [5.74, 6) is -0.879. The van der Waals surface area contributed by atoms with Crippen LogP contribution < -0.4 is 15.4 Å². The van der Waals surface area contributed by atoms with Crippen molar-refractivity contribution in [1.29, 1.82) is 0 Å². The van der Waals surface area contributed by atoms with Crippen molar-refractivity contribution < 1.29 is 23.9 Å². The molecular formula is C27H28N2O5. The molecule has 0 fully saturated rings. The van der Waals surface area contributed by atoms with Crippen molar-refractivity contribution in [3.8, 4) is 5.75 Å².